The lowest BCUT2D eigenvalue weighted by Gasteiger charge is -2.08. The third-order valence-electron chi connectivity index (χ3n) is 4.01. The lowest BCUT2D eigenvalue weighted by molar-refractivity contribution is 0.0954. The second kappa shape index (κ2) is 7.43. The number of nitrogens with one attached hydrogen (secondary N) is 1. The van der Waals surface area contributed by atoms with E-state index in [4.69, 9.17) is 4.74 Å². The van der Waals surface area contributed by atoms with E-state index < -0.39 is 0 Å². The Labute approximate surface area is 149 Å². The molecule has 0 radical (unpaired) electrons. The van der Waals surface area contributed by atoms with Gasteiger partial charge in [-0.15, -0.1) is 16.4 Å². The van der Waals surface area contributed by atoms with Crippen LogP contribution in [-0.2, 0) is 6.42 Å². The Kier molecular flexibility index (Phi) is 5.08. The van der Waals surface area contributed by atoms with Gasteiger partial charge in [-0.05, 0) is 54.0 Å². The van der Waals surface area contributed by atoms with Crippen LogP contribution in [0.4, 0.5) is 0 Å². The largest absolute Gasteiger partial charge is 0.497 e. The number of carbonyl (C=O) groups excluding carboxylic acids is 1. The summed E-state index contributed by atoms with van der Waals surface area (Å²) in [5, 5.41) is 14.9. The second-order valence-electron chi connectivity index (χ2n) is 5.57. The molecule has 2 heterocycles. The minimum Gasteiger partial charge on any atom is -0.497 e. The fraction of sp³-hybridized carbons (Fsp3) is 0.294. The zero-order valence-electron chi connectivity index (χ0n) is 14.3. The molecule has 0 fully saturated rings. The van der Waals surface area contributed by atoms with E-state index in [1.54, 1.807) is 7.11 Å². The first-order chi connectivity index (χ1) is 12.1. The van der Waals surface area contributed by atoms with Crippen molar-refractivity contribution in [2.45, 2.75) is 20.3 Å². The fourth-order valence-corrected chi connectivity index (χ4v) is 3.56. The van der Waals surface area contributed by atoms with Crippen molar-refractivity contribution >= 4 is 17.2 Å². The van der Waals surface area contributed by atoms with Crippen molar-refractivity contribution in [2.24, 2.45) is 0 Å². The number of hydrogen-bond acceptors (Lipinski definition) is 6. The van der Waals surface area contributed by atoms with Crippen molar-refractivity contribution < 1.29 is 9.53 Å². The van der Waals surface area contributed by atoms with E-state index in [1.807, 2.05) is 38.1 Å². The van der Waals surface area contributed by atoms with Gasteiger partial charge in [0.05, 0.1) is 12.7 Å². The number of carbonyl (C=O) groups is 1. The molecule has 7 nitrogen and oxygen atoms in total. The van der Waals surface area contributed by atoms with Gasteiger partial charge in [-0.2, -0.15) is 4.68 Å². The van der Waals surface area contributed by atoms with E-state index in [2.05, 4.69) is 20.8 Å². The number of tetrazole rings is 1. The molecule has 130 valence electrons. The zero-order chi connectivity index (χ0) is 17.8. The third kappa shape index (κ3) is 3.69. The van der Waals surface area contributed by atoms with Crippen LogP contribution in [-0.4, -0.2) is 39.8 Å². The molecule has 0 aliphatic heterocycles. The van der Waals surface area contributed by atoms with Crippen LogP contribution in [0.25, 0.3) is 5.00 Å². The number of methoxy groups -OCH3 is 1. The summed E-state index contributed by atoms with van der Waals surface area (Å²) in [5.74, 6) is 0.712. The normalized spacial score (nSPS) is 10.7. The summed E-state index contributed by atoms with van der Waals surface area (Å²) in [4.78, 5) is 13.8. The maximum Gasteiger partial charge on any atom is 0.254 e. The number of rotatable bonds is 6. The molecule has 8 heteroatoms. The fourth-order valence-electron chi connectivity index (χ4n) is 2.49. The number of aryl methyl sites for hydroxylation is 1. The van der Waals surface area contributed by atoms with Crippen molar-refractivity contribution in [3.63, 3.8) is 0 Å². The van der Waals surface area contributed by atoms with Crippen LogP contribution in [0.1, 0.15) is 26.4 Å². The molecule has 0 bridgehead atoms. The van der Waals surface area contributed by atoms with E-state index in [0.29, 0.717) is 12.1 Å². The van der Waals surface area contributed by atoms with Gasteiger partial charge >= 0.3 is 0 Å². The molecule has 2 aromatic heterocycles. The molecule has 0 unspecified atom stereocenters. The molecule has 25 heavy (non-hydrogen) atoms. The van der Waals surface area contributed by atoms with Crippen LogP contribution >= 0.6 is 11.3 Å². The molecule has 0 aliphatic carbocycles. The average molecular weight is 357 g/mol. The number of nitrogens with zero attached hydrogens (tertiary/aromatic N) is 4. The Bertz CT molecular complexity index is 856. The number of amides is 1. The molecule has 0 saturated carbocycles. The van der Waals surface area contributed by atoms with E-state index in [1.165, 1.54) is 22.3 Å². The smallest absolute Gasteiger partial charge is 0.254 e. The first-order valence-corrected chi connectivity index (χ1v) is 8.66. The van der Waals surface area contributed by atoms with Gasteiger partial charge in [-0.3, -0.25) is 4.79 Å². The molecular weight excluding hydrogens is 338 g/mol. The number of hydrogen-bond donors (Lipinski definition) is 1. The molecule has 0 aliphatic rings. The summed E-state index contributed by atoms with van der Waals surface area (Å²) in [6.45, 7) is 4.48. The van der Waals surface area contributed by atoms with Gasteiger partial charge in [0, 0.05) is 11.4 Å². The molecule has 0 saturated heterocycles. The predicted molar refractivity (Wildman–Crippen MR) is 95.5 cm³/mol. The minimum atomic E-state index is -0.110. The molecule has 1 amide bonds. The van der Waals surface area contributed by atoms with E-state index in [-0.39, 0.29) is 5.91 Å². The van der Waals surface area contributed by atoms with Gasteiger partial charge in [0.15, 0.2) is 0 Å². The van der Waals surface area contributed by atoms with E-state index in [0.717, 1.165) is 33.2 Å². The standard InChI is InChI=1S/C17H19N5O2S/c1-11-12(2)25-17(22-10-19-20-21-22)15(11)16(23)18-9-8-13-4-6-14(24-3)7-5-13/h4-7,10H,8-9H2,1-3H3,(H,18,23). The van der Waals surface area contributed by atoms with Crippen molar-refractivity contribution in [1.82, 2.24) is 25.5 Å². The molecule has 1 N–H and O–H groups in total. The highest BCUT2D eigenvalue weighted by Crippen LogP contribution is 2.30. The minimum absolute atomic E-state index is 0.110. The van der Waals surface area contributed by atoms with Crippen LogP contribution in [0.2, 0.25) is 0 Å². The Morgan fingerprint density at radius 1 is 1.28 bits per heavy atom. The lowest BCUT2D eigenvalue weighted by Crippen LogP contribution is -2.27. The van der Waals surface area contributed by atoms with Gasteiger partial charge in [0.1, 0.15) is 17.1 Å². The molecule has 1 aromatic carbocycles. The first kappa shape index (κ1) is 17.1. The van der Waals surface area contributed by atoms with E-state index in [9.17, 15) is 4.79 Å². The highest BCUT2D eigenvalue weighted by Gasteiger charge is 2.21. The average Bonchev–Trinajstić information content (AvgIpc) is 3.24. The van der Waals surface area contributed by atoms with Crippen LogP contribution in [0, 0.1) is 13.8 Å². The van der Waals surface area contributed by atoms with Crippen molar-refractivity contribution in [1.29, 1.82) is 0 Å². The van der Waals surface area contributed by atoms with Crippen LogP contribution in [0.5, 0.6) is 5.75 Å². The predicted octanol–water partition coefficient (Wildman–Crippen LogP) is 2.32. The quantitative estimate of drug-likeness (QED) is 0.732. The van der Waals surface area contributed by atoms with E-state index >= 15 is 0 Å². The Hall–Kier alpha value is -2.74. The number of ether oxygens (including phenoxy) is 1. The Morgan fingerprint density at radius 3 is 2.68 bits per heavy atom. The maximum atomic E-state index is 12.7. The second-order valence-corrected chi connectivity index (χ2v) is 6.77. The van der Waals surface area contributed by atoms with Crippen LogP contribution < -0.4 is 10.1 Å². The Morgan fingerprint density at radius 2 is 2.04 bits per heavy atom. The summed E-state index contributed by atoms with van der Waals surface area (Å²) in [6, 6.07) is 7.83. The summed E-state index contributed by atoms with van der Waals surface area (Å²) in [6.07, 6.45) is 2.25. The van der Waals surface area contributed by atoms with Gasteiger partial charge in [-0.1, -0.05) is 12.1 Å². The van der Waals surface area contributed by atoms with Gasteiger partial charge in [-0.25, -0.2) is 0 Å². The topological polar surface area (TPSA) is 81.9 Å². The van der Waals surface area contributed by atoms with Gasteiger partial charge in [0.2, 0.25) is 0 Å². The van der Waals surface area contributed by atoms with Crippen molar-refractivity contribution in [3.05, 3.63) is 52.2 Å². The molecular formula is C17H19N5O2S. The zero-order valence-corrected chi connectivity index (χ0v) is 15.1. The number of thiophene rings is 1. The molecule has 3 rings (SSSR count). The van der Waals surface area contributed by atoms with Gasteiger partial charge in [0.25, 0.3) is 5.91 Å². The molecule has 0 spiro atoms. The molecule has 3 aromatic rings. The summed E-state index contributed by atoms with van der Waals surface area (Å²) in [7, 11) is 1.64. The van der Waals surface area contributed by atoms with Gasteiger partial charge < -0.3 is 10.1 Å². The monoisotopic (exact) mass is 357 g/mol. The highest BCUT2D eigenvalue weighted by atomic mass is 32.1. The number of benzene rings is 1. The summed E-state index contributed by atoms with van der Waals surface area (Å²) >= 11 is 1.51. The lowest BCUT2D eigenvalue weighted by atomic mass is 10.1. The Balaban J connectivity index is 1.69. The summed E-state index contributed by atoms with van der Waals surface area (Å²) in [5.41, 5.74) is 2.72. The van der Waals surface area contributed by atoms with Crippen molar-refractivity contribution in [2.75, 3.05) is 13.7 Å². The van der Waals surface area contributed by atoms with Crippen LogP contribution in [0.3, 0.4) is 0 Å². The SMILES string of the molecule is COc1ccc(CCNC(=O)c2c(-n3cnnn3)sc(C)c2C)cc1. The highest BCUT2D eigenvalue weighted by molar-refractivity contribution is 7.15. The third-order valence-corrected chi connectivity index (χ3v) is 5.21. The maximum absolute atomic E-state index is 12.7. The van der Waals surface area contributed by atoms with Crippen LogP contribution in [0.15, 0.2) is 30.6 Å². The van der Waals surface area contributed by atoms with Crippen molar-refractivity contribution in [3.8, 4) is 10.8 Å². The first-order valence-electron chi connectivity index (χ1n) is 7.84. The summed E-state index contributed by atoms with van der Waals surface area (Å²) < 4.78 is 6.68. The molecule has 0 atom stereocenters. The number of aromatic nitrogens is 4.